The molecule has 2 nitrogen and oxygen atoms in total. The monoisotopic (exact) mass is 222 g/mol. The third-order valence-corrected chi connectivity index (χ3v) is 2.76. The summed E-state index contributed by atoms with van der Waals surface area (Å²) < 4.78 is 5.14. The molecule has 0 amide bonds. The van der Waals surface area contributed by atoms with Gasteiger partial charge in [0.05, 0.1) is 13.0 Å². The Hall–Kier alpha value is -0.960. The van der Waals surface area contributed by atoms with E-state index < -0.39 is 0 Å². The Labute approximate surface area is 95.0 Å². The highest BCUT2D eigenvalue weighted by atomic mass is 32.1. The van der Waals surface area contributed by atoms with Crippen LogP contribution in [0, 0.1) is 5.92 Å². The van der Waals surface area contributed by atoms with Gasteiger partial charge in [0.15, 0.2) is 0 Å². The second-order valence-electron chi connectivity index (χ2n) is 3.97. The average Bonchev–Trinajstić information content (AvgIpc) is 3.02. The summed E-state index contributed by atoms with van der Waals surface area (Å²) in [7, 11) is 0. The van der Waals surface area contributed by atoms with Crippen LogP contribution in [-0.2, 0) is 16.0 Å². The van der Waals surface area contributed by atoms with E-state index in [1.165, 1.54) is 12.8 Å². The Kier molecular flexibility index (Phi) is 3.31. The van der Waals surface area contributed by atoms with E-state index >= 15 is 0 Å². The molecule has 1 aliphatic carbocycles. The maximum Gasteiger partial charge on any atom is 0.310 e. The van der Waals surface area contributed by atoms with Crippen LogP contribution in [0.4, 0.5) is 0 Å². The number of thiol groups is 1. The smallest absolute Gasteiger partial charge is 0.310 e. The molecule has 1 aromatic rings. The van der Waals surface area contributed by atoms with Gasteiger partial charge in [-0.25, -0.2) is 0 Å². The third-order valence-electron chi connectivity index (χ3n) is 2.46. The van der Waals surface area contributed by atoms with E-state index in [0.717, 1.165) is 10.5 Å². The number of hydrogen-bond acceptors (Lipinski definition) is 3. The lowest BCUT2D eigenvalue weighted by Crippen LogP contribution is -2.09. The van der Waals surface area contributed by atoms with Crippen LogP contribution in [0.2, 0.25) is 0 Å². The van der Waals surface area contributed by atoms with E-state index in [-0.39, 0.29) is 5.97 Å². The van der Waals surface area contributed by atoms with Crippen molar-refractivity contribution in [3.05, 3.63) is 29.8 Å². The number of esters is 1. The van der Waals surface area contributed by atoms with Gasteiger partial charge in [0.2, 0.25) is 0 Å². The molecular weight excluding hydrogens is 208 g/mol. The van der Waals surface area contributed by atoms with Crippen molar-refractivity contribution in [3.8, 4) is 0 Å². The molecule has 1 aromatic carbocycles. The molecule has 3 heteroatoms. The van der Waals surface area contributed by atoms with Crippen molar-refractivity contribution in [1.29, 1.82) is 0 Å². The first-order valence-corrected chi connectivity index (χ1v) is 5.62. The number of rotatable bonds is 4. The first kappa shape index (κ1) is 10.6. The second-order valence-corrected chi connectivity index (χ2v) is 4.49. The maximum atomic E-state index is 11.4. The number of benzene rings is 1. The zero-order valence-electron chi connectivity index (χ0n) is 8.48. The fourth-order valence-electron chi connectivity index (χ4n) is 1.33. The van der Waals surface area contributed by atoms with Crippen molar-refractivity contribution in [2.45, 2.75) is 24.2 Å². The predicted molar refractivity (Wildman–Crippen MR) is 61.1 cm³/mol. The van der Waals surface area contributed by atoms with Gasteiger partial charge in [0.25, 0.3) is 0 Å². The van der Waals surface area contributed by atoms with Gasteiger partial charge in [-0.3, -0.25) is 4.79 Å². The molecule has 0 spiro atoms. The quantitative estimate of drug-likeness (QED) is 0.625. The van der Waals surface area contributed by atoms with E-state index in [1.807, 2.05) is 24.3 Å². The van der Waals surface area contributed by atoms with Crippen LogP contribution in [0.1, 0.15) is 18.4 Å². The predicted octanol–water partition coefficient (Wildman–Crippen LogP) is 2.47. The molecule has 0 aromatic heterocycles. The Bertz CT molecular complexity index is 341. The minimum absolute atomic E-state index is 0.131. The highest BCUT2D eigenvalue weighted by Crippen LogP contribution is 2.28. The first-order chi connectivity index (χ1) is 7.24. The van der Waals surface area contributed by atoms with Gasteiger partial charge in [-0.15, -0.1) is 12.6 Å². The normalized spacial score (nSPS) is 15.0. The second kappa shape index (κ2) is 4.71. The van der Waals surface area contributed by atoms with Gasteiger partial charge in [-0.05, 0) is 36.5 Å². The van der Waals surface area contributed by atoms with Gasteiger partial charge in [0.1, 0.15) is 0 Å². The number of carbonyl (C=O) groups excluding carboxylic acids is 1. The molecule has 0 unspecified atom stereocenters. The maximum absolute atomic E-state index is 11.4. The van der Waals surface area contributed by atoms with E-state index in [4.69, 9.17) is 4.74 Å². The minimum atomic E-state index is -0.131. The van der Waals surface area contributed by atoms with Crippen LogP contribution in [0.3, 0.4) is 0 Å². The van der Waals surface area contributed by atoms with Crippen molar-refractivity contribution in [2.75, 3.05) is 6.61 Å². The van der Waals surface area contributed by atoms with E-state index in [1.54, 1.807) is 0 Å². The molecule has 0 radical (unpaired) electrons. The molecular formula is C12H14O2S. The van der Waals surface area contributed by atoms with E-state index in [9.17, 15) is 4.79 Å². The molecule has 1 aliphatic rings. The van der Waals surface area contributed by atoms with Crippen LogP contribution in [-0.4, -0.2) is 12.6 Å². The fourth-order valence-corrected chi connectivity index (χ4v) is 1.48. The minimum Gasteiger partial charge on any atom is -0.465 e. The summed E-state index contributed by atoms with van der Waals surface area (Å²) in [5.41, 5.74) is 0.980. The molecule has 1 saturated carbocycles. The van der Waals surface area contributed by atoms with Crippen molar-refractivity contribution < 1.29 is 9.53 Å². The Morgan fingerprint density at radius 2 is 2.00 bits per heavy atom. The van der Waals surface area contributed by atoms with Gasteiger partial charge in [-0.2, -0.15) is 0 Å². The lowest BCUT2D eigenvalue weighted by atomic mass is 10.1. The van der Waals surface area contributed by atoms with Crippen LogP contribution in [0.15, 0.2) is 29.2 Å². The van der Waals surface area contributed by atoms with Crippen LogP contribution in [0.5, 0.6) is 0 Å². The van der Waals surface area contributed by atoms with Gasteiger partial charge in [0, 0.05) is 4.90 Å². The topological polar surface area (TPSA) is 26.3 Å². The van der Waals surface area contributed by atoms with Crippen LogP contribution in [0.25, 0.3) is 0 Å². The Morgan fingerprint density at radius 3 is 2.60 bits per heavy atom. The molecule has 0 bridgehead atoms. The Morgan fingerprint density at radius 1 is 1.33 bits per heavy atom. The van der Waals surface area contributed by atoms with Crippen molar-refractivity contribution in [1.82, 2.24) is 0 Å². The number of hydrogen-bond donors (Lipinski definition) is 1. The molecule has 0 saturated heterocycles. The SMILES string of the molecule is O=C(Cc1ccc(S)cc1)OCC1CC1. The lowest BCUT2D eigenvalue weighted by molar-refractivity contribution is -0.143. The molecule has 1 fully saturated rings. The van der Waals surface area contributed by atoms with Gasteiger partial charge >= 0.3 is 5.97 Å². The molecule has 15 heavy (non-hydrogen) atoms. The summed E-state index contributed by atoms with van der Waals surface area (Å²) in [6, 6.07) is 7.57. The zero-order valence-corrected chi connectivity index (χ0v) is 9.37. The molecule has 0 heterocycles. The van der Waals surface area contributed by atoms with Gasteiger partial charge in [-0.1, -0.05) is 12.1 Å². The number of carbonyl (C=O) groups is 1. The summed E-state index contributed by atoms with van der Waals surface area (Å²) in [5, 5.41) is 0. The average molecular weight is 222 g/mol. The van der Waals surface area contributed by atoms with Crippen molar-refractivity contribution in [3.63, 3.8) is 0 Å². The fraction of sp³-hybridized carbons (Fsp3) is 0.417. The zero-order chi connectivity index (χ0) is 10.7. The third kappa shape index (κ3) is 3.59. The summed E-state index contributed by atoms with van der Waals surface area (Å²) in [4.78, 5) is 12.3. The standard InChI is InChI=1S/C12H14O2S/c13-12(14-8-10-1-2-10)7-9-3-5-11(15)6-4-9/h3-6,10,15H,1-2,7-8H2. The highest BCUT2D eigenvalue weighted by molar-refractivity contribution is 7.80. The van der Waals surface area contributed by atoms with Crippen molar-refractivity contribution in [2.24, 2.45) is 5.92 Å². The summed E-state index contributed by atoms with van der Waals surface area (Å²) in [6.45, 7) is 0.601. The molecule has 0 N–H and O–H groups in total. The summed E-state index contributed by atoms with van der Waals surface area (Å²) in [6.07, 6.45) is 2.78. The Balaban J connectivity index is 1.79. The lowest BCUT2D eigenvalue weighted by Gasteiger charge is -2.03. The number of ether oxygens (including phenoxy) is 1. The van der Waals surface area contributed by atoms with Crippen molar-refractivity contribution >= 4 is 18.6 Å². The largest absolute Gasteiger partial charge is 0.465 e. The van der Waals surface area contributed by atoms with E-state index in [0.29, 0.717) is 18.9 Å². The summed E-state index contributed by atoms with van der Waals surface area (Å²) >= 11 is 4.18. The van der Waals surface area contributed by atoms with Crippen LogP contribution < -0.4 is 0 Å². The molecule has 80 valence electrons. The molecule has 0 aliphatic heterocycles. The first-order valence-electron chi connectivity index (χ1n) is 5.17. The summed E-state index contributed by atoms with van der Waals surface area (Å²) in [5.74, 6) is 0.502. The molecule has 2 rings (SSSR count). The van der Waals surface area contributed by atoms with E-state index in [2.05, 4.69) is 12.6 Å². The van der Waals surface area contributed by atoms with Crippen LogP contribution >= 0.6 is 12.6 Å². The molecule has 0 atom stereocenters. The van der Waals surface area contributed by atoms with Gasteiger partial charge < -0.3 is 4.74 Å². The highest BCUT2D eigenvalue weighted by Gasteiger charge is 2.22.